The predicted molar refractivity (Wildman–Crippen MR) is 93.9 cm³/mol. The second-order valence-corrected chi connectivity index (χ2v) is 5.40. The lowest BCUT2D eigenvalue weighted by Gasteiger charge is -2.06. The molecule has 2 aromatic carbocycles. The molecule has 5 nitrogen and oxygen atoms in total. The fourth-order valence-corrected chi connectivity index (χ4v) is 2.29. The number of benzene rings is 2. The molecule has 23 heavy (non-hydrogen) atoms. The van der Waals surface area contributed by atoms with Gasteiger partial charge in [0.05, 0.1) is 17.3 Å². The van der Waals surface area contributed by atoms with E-state index >= 15 is 0 Å². The lowest BCUT2D eigenvalue weighted by Crippen LogP contribution is -2.16. The first-order valence-electron chi connectivity index (χ1n) is 7.11. The SMILES string of the molecule is CCOc1ccc(C=NOCC(=O)Nc2ccccc2)cc1Br. The first-order valence-corrected chi connectivity index (χ1v) is 7.91. The molecule has 0 unspecified atom stereocenters. The van der Waals surface area contributed by atoms with Crippen LogP contribution in [0.3, 0.4) is 0 Å². The maximum Gasteiger partial charge on any atom is 0.265 e. The summed E-state index contributed by atoms with van der Waals surface area (Å²) in [7, 11) is 0. The lowest BCUT2D eigenvalue weighted by molar-refractivity contribution is -0.120. The standard InChI is InChI=1S/C17H17BrN2O3/c1-2-22-16-9-8-13(10-15(16)18)11-19-23-12-17(21)20-14-6-4-3-5-7-14/h3-11H,2,12H2,1H3,(H,20,21). The van der Waals surface area contributed by atoms with E-state index in [1.54, 1.807) is 12.1 Å². The average Bonchev–Trinajstić information content (AvgIpc) is 2.55. The molecule has 1 amide bonds. The Bertz CT molecular complexity index is 675. The van der Waals surface area contributed by atoms with Crippen LogP contribution in [0.4, 0.5) is 5.69 Å². The van der Waals surface area contributed by atoms with Gasteiger partial charge >= 0.3 is 0 Å². The van der Waals surface area contributed by atoms with Crippen molar-refractivity contribution < 1.29 is 14.4 Å². The number of hydrogen-bond donors (Lipinski definition) is 1. The van der Waals surface area contributed by atoms with Gasteiger partial charge in [-0.05, 0) is 58.7 Å². The summed E-state index contributed by atoms with van der Waals surface area (Å²) in [4.78, 5) is 16.7. The Morgan fingerprint density at radius 1 is 1.26 bits per heavy atom. The van der Waals surface area contributed by atoms with Crippen LogP contribution in [0.1, 0.15) is 12.5 Å². The lowest BCUT2D eigenvalue weighted by atomic mass is 10.2. The van der Waals surface area contributed by atoms with Gasteiger partial charge in [0.2, 0.25) is 0 Å². The van der Waals surface area contributed by atoms with Gasteiger partial charge in [0.15, 0.2) is 6.61 Å². The minimum atomic E-state index is -0.263. The minimum Gasteiger partial charge on any atom is -0.493 e. The summed E-state index contributed by atoms with van der Waals surface area (Å²) >= 11 is 3.43. The van der Waals surface area contributed by atoms with Gasteiger partial charge in [-0.15, -0.1) is 0 Å². The largest absolute Gasteiger partial charge is 0.493 e. The van der Waals surface area contributed by atoms with E-state index in [4.69, 9.17) is 9.57 Å². The summed E-state index contributed by atoms with van der Waals surface area (Å²) in [5.74, 6) is 0.508. The highest BCUT2D eigenvalue weighted by molar-refractivity contribution is 9.10. The van der Waals surface area contributed by atoms with Crippen LogP contribution in [0.25, 0.3) is 0 Å². The Labute approximate surface area is 143 Å². The van der Waals surface area contributed by atoms with Gasteiger partial charge in [0.1, 0.15) is 5.75 Å². The zero-order chi connectivity index (χ0) is 16.5. The molecule has 0 aromatic heterocycles. The second kappa shape index (κ2) is 8.95. The number of rotatable bonds is 7. The number of carbonyl (C=O) groups excluding carboxylic acids is 1. The van der Waals surface area contributed by atoms with Crippen molar-refractivity contribution in [2.45, 2.75) is 6.92 Å². The molecule has 6 heteroatoms. The van der Waals surface area contributed by atoms with Gasteiger partial charge in [0, 0.05) is 5.69 Å². The number of carbonyl (C=O) groups is 1. The summed E-state index contributed by atoms with van der Waals surface area (Å²) in [5.41, 5.74) is 1.56. The van der Waals surface area contributed by atoms with Crippen LogP contribution in [-0.2, 0) is 9.63 Å². The quantitative estimate of drug-likeness (QED) is 0.589. The minimum absolute atomic E-state index is 0.149. The molecule has 0 spiro atoms. The number of para-hydroxylation sites is 1. The third-order valence-corrected chi connectivity index (χ3v) is 3.40. The summed E-state index contributed by atoms with van der Waals surface area (Å²) in [6.45, 7) is 2.38. The van der Waals surface area contributed by atoms with Crippen molar-refractivity contribution in [1.82, 2.24) is 0 Å². The van der Waals surface area contributed by atoms with Crippen LogP contribution in [-0.4, -0.2) is 25.3 Å². The van der Waals surface area contributed by atoms with E-state index in [0.29, 0.717) is 6.61 Å². The predicted octanol–water partition coefficient (Wildman–Crippen LogP) is 3.84. The van der Waals surface area contributed by atoms with E-state index < -0.39 is 0 Å². The van der Waals surface area contributed by atoms with Crippen molar-refractivity contribution in [3.05, 3.63) is 58.6 Å². The van der Waals surface area contributed by atoms with Gasteiger partial charge in [-0.25, -0.2) is 0 Å². The number of nitrogens with zero attached hydrogens (tertiary/aromatic N) is 1. The van der Waals surface area contributed by atoms with Crippen molar-refractivity contribution in [3.63, 3.8) is 0 Å². The normalized spacial score (nSPS) is 10.5. The first kappa shape index (κ1) is 17.0. The Balaban J connectivity index is 1.80. The number of nitrogens with one attached hydrogen (secondary N) is 1. The molecule has 120 valence electrons. The van der Waals surface area contributed by atoms with Crippen LogP contribution >= 0.6 is 15.9 Å². The van der Waals surface area contributed by atoms with Crippen LogP contribution in [0.15, 0.2) is 58.2 Å². The number of halogens is 1. The van der Waals surface area contributed by atoms with Gasteiger partial charge in [-0.3, -0.25) is 4.79 Å². The molecule has 0 aliphatic carbocycles. The van der Waals surface area contributed by atoms with Crippen LogP contribution in [0, 0.1) is 0 Å². The summed E-state index contributed by atoms with van der Waals surface area (Å²) in [5, 5.41) is 6.50. The maximum atomic E-state index is 11.7. The third kappa shape index (κ3) is 5.75. The molecule has 0 saturated carbocycles. The zero-order valence-electron chi connectivity index (χ0n) is 12.7. The van der Waals surface area contributed by atoms with Crippen molar-refractivity contribution >= 4 is 33.7 Å². The van der Waals surface area contributed by atoms with Crippen LogP contribution < -0.4 is 10.1 Å². The molecular formula is C17H17BrN2O3. The Hall–Kier alpha value is -2.34. The Morgan fingerprint density at radius 3 is 2.74 bits per heavy atom. The van der Waals surface area contributed by atoms with E-state index in [-0.39, 0.29) is 12.5 Å². The molecule has 0 aliphatic rings. The van der Waals surface area contributed by atoms with E-state index in [9.17, 15) is 4.79 Å². The summed E-state index contributed by atoms with van der Waals surface area (Å²) in [6, 6.07) is 14.7. The molecule has 0 atom stereocenters. The van der Waals surface area contributed by atoms with E-state index in [1.165, 1.54) is 6.21 Å². The molecule has 0 saturated heterocycles. The van der Waals surface area contributed by atoms with E-state index in [1.807, 2.05) is 43.3 Å². The van der Waals surface area contributed by atoms with Gasteiger partial charge in [-0.2, -0.15) is 0 Å². The molecule has 0 heterocycles. The fraction of sp³-hybridized carbons (Fsp3) is 0.176. The third-order valence-electron chi connectivity index (χ3n) is 2.79. The van der Waals surface area contributed by atoms with Crippen molar-refractivity contribution in [2.75, 3.05) is 18.5 Å². The van der Waals surface area contributed by atoms with Gasteiger partial charge < -0.3 is 14.9 Å². The van der Waals surface area contributed by atoms with E-state index in [2.05, 4.69) is 26.4 Å². The average molecular weight is 377 g/mol. The molecule has 0 bridgehead atoms. The number of oxime groups is 1. The number of ether oxygens (including phenoxy) is 1. The molecule has 2 rings (SSSR count). The fourth-order valence-electron chi connectivity index (χ4n) is 1.78. The number of hydrogen-bond acceptors (Lipinski definition) is 4. The Kier molecular flexibility index (Phi) is 6.62. The molecule has 0 fully saturated rings. The second-order valence-electron chi connectivity index (χ2n) is 4.55. The molecule has 1 N–H and O–H groups in total. The Morgan fingerprint density at radius 2 is 2.04 bits per heavy atom. The smallest absolute Gasteiger partial charge is 0.265 e. The maximum absolute atomic E-state index is 11.7. The molecule has 2 aromatic rings. The molecular weight excluding hydrogens is 360 g/mol. The zero-order valence-corrected chi connectivity index (χ0v) is 14.2. The number of anilines is 1. The highest BCUT2D eigenvalue weighted by atomic mass is 79.9. The summed E-state index contributed by atoms with van der Waals surface area (Å²) in [6.07, 6.45) is 1.54. The monoisotopic (exact) mass is 376 g/mol. The molecule has 0 radical (unpaired) electrons. The topological polar surface area (TPSA) is 59.9 Å². The summed E-state index contributed by atoms with van der Waals surface area (Å²) < 4.78 is 6.27. The van der Waals surface area contributed by atoms with Crippen molar-refractivity contribution in [3.8, 4) is 5.75 Å². The van der Waals surface area contributed by atoms with Gasteiger partial charge in [-0.1, -0.05) is 23.4 Å². The van der Waals surface area contributed by atoms with Gasteiger partial charge in [0.25, 0.3) is 5.91 Å². The van der Waals surface area contributed by atoms with Crippen LogP contribution in [0.2, 0.25) is 0 Å². The van der Waals surface area contributed by atoms with E-state index in [0.717, 1.165) is 21.5 Å². The highest BCUT2D eigenvalue weighted by Crippen LogP contribution is 2.25. The highest BCUT2D eigenvalue weighted by Gasteiger charge is 2.02. The first-order chi connectivity index (χ1) is 11.2. The van der Waals surface area contributed by atoms with Crippen molar-refractivity contribution in [1.29, 1.82) is 0 Å². The molecule has 0 aliphatic heterocycles. The number of amides is 1. The van der Waals surface area contributed by atoms with Crippen molar-refractivity contribution in [2.24, 2.45) is 5.16 Å². The van der Waals surface area contributed by atoms with Crippen LogP contribution in [0.5, 0.6) is 5.75 Å².